The van der Waals surface area contributed by atoms with Crippen molar-refractivity contribution in [3.8, 4) is 0 Å². The summed E-state index contributed by atoms with van der Waals surface area (Å²) in [4.78, 5) is 28.0. The van der Waals surface area contributed by atoms with Gasteiger partial charge in [0.05, 0.1) is 28.8 Å². The smallest absolute Gasteiger partial charge is 0.633 e. The summed E-state index contributed by atoms with van der Waals surface area (Å²) in [7, 11) is -8.82. The van der Waals surface area contributed by atoms with Crippen LogP contribution in [0, 0.1) is 41.5 Å². The van der Waals surface area contributed by atoms with Crippen LogP contribution in [-0.2, 0) is 46.8 Å². The van der Waals surface area contributed by atoms with Crippen LogP contribution < -0.4 is 13.7 Å². The molecule has 0 amide bonds. The topological polar surface area (TPSA) is 130 Å². The molecule has 526 valence electrons. The maximum Gasteiger partial charge on any atom is 0.780 e. The van der Waals surface area contributed by atoms with Gasteiger partial charge in [0.25, 0.3) is 11.9 Å². The zero-order valence-electron chi connectivity index (χ0n) is 58.9. The highest BCUT2D eigenvalue weighted by molar-refractivity contribution is 6.59. The fourth-order valence-electron chi connectivity index (χ4n) is 11.7. The van der Waals surface area contributed by atoms with Gasteiger partial charge < -0.3 is 54.5 Å². The number of benzene rings is 7. The fraction of sp³-hybridized carbons (Fsp3) is 0.0952. The Bertz CT molecular complexity index is 4920. The van der Waals surface area contributed by atoms with E-state index in [-0.39, 0.29) is 17.3 Å². The number of hydrogen-bond acceptors (Lipinski definition) is 11. The van der Waals surface area contributed by atoms with E-state index in [9.17, 15) is 26.9 Å². The highest BCUT2D eigenvalue weighted by Gasteiger charge is 2.48. The average Bonchev–Trinajstić information content (AvgIpc) is 0.799. The minimum Gasteiger partial charge on any atom is -0.633 e. The Labute approximate surface area is 607 Å². The van der Waals surface area contributed by atoms with E-state index in [0.29, 0.717) is 39.4 Å². The van der Waals surface area contributed by atoms with Crippen LogP contribution in [0.5, 0.6) is 0 Å². The van der Waals surface area contributed by atoms with Crippen molar-refractivity contribution in [1.82, 2.24) is 18.7 Å². The molecule has 14 rings (SSSR count). The first-order valence-corrected chi connectivity index (χ1v) is 33.9. The number of halogens is 4. The maximum absolute atomic E-state index is 14.3. The highest BCUT2D eigenvalue weighted by Crippen LogP contribution is 2.38. The number of rotatable bonds is 10. The Morgan fingerprint density at radius 2 is 0.676 bits per heavy atom. The maximum atomic E-state index is 14.3. The molecule has 8 aromatic rings. The van der Waals surface area contributed by atoms with Gasteiger partial charge in [-0.1, -0.05) is 137 Å². The van der Waals surface area contributed by atoms with Gasteiger partial charge in [0.2, 0.25) is 51.3 Å². The summed E-state index contributed by atoms with van der Waals surface area (Å²) in [5.41, 5.74) is 18.7. The molecule has 105 heavy (non-hydrogen) atoms. The monoisotopic (exact) mass is 1410 g/mol. The van der Waals surface area contributed by atoms with E-state index in [4.69, 9.17) is 27.9 Å². The SMILES string of the molecule is CC(=O)O[B-]1(OC(C)=O)OC(c2ccccc2)=CC(=C2C=CC(=[N+](c3ccc(C)cc3)c3ccc(C)cc3)C=C2)O1.Cc1ccc([N+](=C2C=CC(=C3C=C(c4cccnc4)O[B-](F)(F)O3)C=C2)c2ccc(C)cc2)cc1.Cc1ccc([N+](=C2C=CC(=C3C=CO[B-](F)(F)O3)C=C2)c2ccc(C)cc2)cc1. The predicted molar refractivity (Wildman–Crippen MR) is 410 cm³/mol. The third-order valence-corrected chi connectivity index (χ3v) is 16.9. The molecule has 0 saturated heterocycles. The molecule has 7 aromatic carbocycles. The van der Waals surface area contributed by atoms with Crippen LogP contribution in [0.25, 0.3) is 11.5 Å². The van der Waals surface area contributed by atoms with Crippen LogP contribution in [0.1, 0.15) is 58.4 Å². The fourth-order valence-corrected chi connectivity index (χ4v) is 11.7. The number of carbonyl (C=O) groups excluding carboxylic acids is 2. The minimum atomic E-state index is -4.50. The summed E-state index contributed by atoms with van der Waals surface area (Å²) in [5.74, 6) is -0.631. The Morgan fingerprint density at radius 1 is 0.352 bits per heavy atom. The van der Waals surface area contributed by atoms with Gasteiger partial charge in [-0.3, -0.25) is 14.6 Å². The Hall–Kier alpha value is -12.8. The zero-order valence-corrected chi connectivity index (χ0v) is 58.9. The van der Waals surface area contributed by atoms with Crippen LogP contribution in [0.3, 0.4) is 0 Å². The van der Waals surface area contributed by atoms with Crippen molar-refractivity contribution in [3.05, 3.63) is 376 Å². The van der Waals surface area contributed by atoms with Crippen molar-refractivity contribution >= 4 is 95.9 Å². The Kier molecular flexibility index (Phi) is 21.7. The van der Waals surface area contributed by atoms with Crippen LogP contribution in [0.15, 0.2) is 332 Å². The normalized spacial score (nSPS) is 16.2. The lowest BCUT2D eigenvalue weighted by Gasteiger charge is -2.43. The molecular weight excluding hydrogens is 1330 g/mol. The molecule has 0 radical (unpaired) electrons. The van der Waals surface area contributed by atoms with Crippen molar-refractivity contribution < 1.29 is 64.1 Å². The molecule has 14 nitrogen and oxygen atoms in total. The molecule has 0 N–H and O–H groups in total. The van der Waals surface area contributed by atoms with E-state index in [0.717, 1.165) is 57.5 Å². The molecule has 0 atom stereocenters. The first kappa shape index (κ1) is 72.0. The van der Waals surface area contributed by atoms with Gasteiger partial charge in [-0.15, -0.1) is 0 Å². The highest BCUT2D eigenvalue weighted by atomic mass is 19.3. The lowest BCUT2D eigenvalue weighted by molar-refractivity contribution is -0.147. The second-order valence-electron chi connectivity index (χ2n) is 25.3. The van der Waals surface area contributed by atoms with E-state index in [1.165, 1.54) is 65.6 Å². The average molecular weight is 1410 g/mol. The third kappa shape index (κ3) is 18.3. The van der Waals surface area contributed by atoms with Gasteiger partial charge in [-0.05, 0) is 90.1 Å². The second kappa shape index (κ2) is 31.6. The van der Waals surface area contributed by atoms with E-state index >= 15 is 0 Å². The van der Waals surface area contributed by atoms with Gasteiger partial charge in [-0.2, -0.15) is 13.7 Å². The molecule has 0 unspecified atom stereocenters. The molecule has 1 aromatic heterocycles. The predicted octanol–water partition coefficient (Wildman–Crippen LogP) is 19.3. The summed E-state index contributed by atoms with van der Waals surface area (Å²) in [5, 5.41) is 0. The molecule has 3 aliphatic carbocycles. The molecule has 0 saturated carbocycles. The van der Waals surface area contributed by atoms with Crippen LogP contribution in [0.2, 0.25) is 0 Å². The first-order valence-electron chi connectivity index (χ1n) is 33.9. The van der Waals surface area contributed by atoms with E-state index in [1.807, 2.05) is 107 Å². The molecule has 0 bridgehead atoms. The zero-order chi connectivity index (χ0) is 73.8. The van der Waals surface area contributed by atoms with Gasteiger partial charge in [0, 0.05) is 188 Å². The Morgan fingerprint density at radius 3 is 1.01 bits per heavy atom. The minimum absolute atomic E-state index is 0.0226. The lowest BCUT2D eigenvalue weighted by atomic mass is 9.97. The van der Waals surface area contributed by atoms with Crippen LogP contribution >= 0.6 is 0 Å². The van der Waals surface area contributed by atoms with E-state index in [2.05, 4.69) is 187 Å². The molecule has 3 aliphatic heterocycles. The molecule has 4 heterocycles. The van der Waals surface area contributed by atoms with Gasteiger partial charge in [0.1, 0.15) is 0 Å². The number of aromatic nitrogens is 1. The summed E-state index contributed by atoms with van der Waals surface area (Å²) < 4.78 is 103. The molecule has 21 heteroatoms. The number of carbonyl (C=O) groups is 2. The number of allylic oxidation sites excluding steroid dienone is 18. The first-order chi connectivity index (χ1) is 50.5. The number of pyridine rings is 1. The summed E-state index contributed by atoms with van der Waals surface area (Å²) in [6.45, 7) is 11.4. The van der Waals surface area contributed by atoms with Crippen LogP contribution in [0.4, 0.5) is 51.4 Å². The summed E-state index contributed by atoms with van der Waals surface area (Å²) >= 11 is 0. The summed E-state index contributed by atoms with van der Waals surface area (Å²) in [6.07, 6.45) is 31.0. The second-order valence-corrected chi connectivity index (χ2v) is 25.3. The molecule has 0 fully saturated rings. The number of nitrogens with zero attached hydrogens (tertiary/aromatic N) is 4. The van der Waals surface area contributed by atoms with Gasteiger partial charge in [0.15, 0.2) is 0 Å². The van der Waals surface area contributed by atoms with Crippen LogP contribution in [-0.4, -0.2) is 55.2 Å². The van der Waals surface area contributed by atoms with E-state index < -0.39 is 33.1 Å². The lowest BCUT2D eigenvalue weighted by Crippen LogP contribution is -2.52. The molecule has 0 spiro atoms. The third-order valence-electron chi connectivity index (χ3n) is 16.9. The number of aryl methyl sites for hydroxylation is 6. The quantitative estimate of drug-likeness (QED) is 0.0737. The van der Waals surface area contributed by atoms with Crippen molar-refractivity contribution in [2.75, 3.05) is 0 Å². The molecule has 6 aliphatic rings. The van der Waals surface area contributed by atoms with Crippen molar-refractivity contribution in [1.29, 1.82) is 0 Å². The van der Waals surface area contributed by atoms with Gasteiger partial charge >= 0.3 is 21.2 Å². The molecular formula is C84H73B3F4N4O10. The van der Waals surface area contributed by atoms with Crippen molar-refractivity contribution in [2.24, 2.45) is 0 Å². The summed E-state index contributed by atoms with van der Waals surface area (Å²) in [6, 6.07) is 62.2. The van der Waals surface area contributed by atoms with Crippen molar-refractivity contribution in [3.63, 3.8) is 0 Å². The van der Waals surface area contributed by atoms with Crippen molar-refractivity contribution in [2.45, 2.75) is 55.4 Å². The Balaban J connectivity index is 0.000000150. The van der Waals surface area contributed by atoms with E-state index in [1.54, 1.807) is 48.7 Å². The van der Waals surface area contributed by atoms with Gasteiger partial charge in [-0.25, -0.2) is 0 Å². The largest absolute Gasteiger partial charge is 0.780 e. The standard InChI is InChI=1S/C33H30BNO6.C28H23BF2N2O2.C23H20BF2NO2/c1-23-10-16-29(17-11-23)35(30-18-12-24(2)13-19-30)31-20-14-28(15-21-31)33-22-32(27-8-6-5-7-9-27)40-34(41-33,38-25(3)36)39-26(4)37;1-20-5-11-24(12-6-20)33(25-13-7-21(2)8-14-25)26-15-9-22(10-16-26)27-18-28(35-29(30,31)34-27)23-4-3-17-32-19-23;1-17-3-9-20(10-4-17)27(21-11-5-18(2)6-12-21)22-13-7-19(8-14-22)23-15-16-28-24(25,26)29-23/h5-22H,1-4H3;3-19H,1-2H3;3-16H,1-2H3. The number of hydrogen-bond donors (Lipinski definition) is 0.